The number of benzene rings is 1. The summed E-state index contributed by atoms with van der Waals surface area (Å²) in [5, 5.41) is 18.6. The summed E-state index contributed by atoms with van der Waals surface area (Å²) in [5.74, 6) is 0.386. The number of nitrogens with one attached hydrogen (secondary N) is 3. The molecule has 1 fully saturated rings. The number of aromatic nitrogens is 6. The summed E-state index contributed by atoms with van der Waals surface area (Å²) in [6, 6.07) is 16.1. The smallest absolute Gasteiger partial charge is 0.326 e. The monoisotopic (exact) mass is 523 g/mol. The van der Waals surface area contributed by atoms with Gasteiger partial charge in [-0.1, -0.05) is 18.2 Å². The SMILES string of the molecule is Cc1cccc(Nc2cc(=NC3CCN(Cc4ccccn4)CC3)n3ncc(=Cc4[nH]c(=O)[nH]c4O)c3n2)c1. The number of piperidine rings is 1. The molecule has 198 valence electrons. The molecule has 6 rings (SSSR count). The first-order valence-corrected chi connectivity index (χ1v) is 12.9. The van der Waals surface area contributed by atoms with Crippen LogP contribution in [0.15, 0.2) is 70.7 Å². The minimum absolute atomic E-state index is 0.143. The van der Waals surface area contributed by atoms with Gasteiger partial charge in [-0.25, -0.2) is 9.78 Å². The van der Waals surface area contributed by atoms with E-state index < -0.39 is 5.69 Å². The van der Waals surface area contributed by atoms with Gasteiger partial charge in [0.1, 0.15) is 11.5 Å². The number of aromatic hydroxyl groups is 1. The fourth-order valence-electron chi connectivity index (χ4n) is 4.85. The van der Waals surface area contributed by atoms with Gasteiger partial charge in [-0.2, -0.15) is 9.61 Å². The van der Waals surface area contributed by atoms with Gasteiger partial charge in [-0.3, -0.25) is 19.9 Å². The van der Waals surface area contributed by atoms with Crippen molar-refractivity contribution in [3.05, 3.63) is 99.1 Å². The molecule has 1 aliphatic rings. The van der Waals surface area contributed by atoms with Crippen molar-refractivity contribution in [2.45, 2.75) is 32.4 Å². The van der Waals surface area contributed by atoms with Crippen LogP contribution in [0.25, 0.3) is 11.7 Å². The molecule has 0 radical (unpaired) electrons. The van der Waals surface area contributed by atoms with Crippen LogP contribution in [-0.2, 0) is 6.54 Å². The van der Waals surface area contributed by atoms with Crippen molar-refractivity contribution >= 4 is 23.2 Å². The summed E-state index contributed by atoms with van der Waals surface area (Å²) < 4.78 is 1.70. The molecule has 4 N–H and O–H groups in total. The van der Waals surface area contributed by atoms with E-state index >= 15 is 0 Å². The lowest BCUT2D eigenvalue weighted by molar-refractivity contribution is 0.202. The maximum Gasteiger partial charge on any atom is 0.326 e. The molecule has 1 saturated heterocycles. The Labute approximate surface area is 223 Å². The van der Waals surface area contributed by atoms with Crippen LogP contribution in [0, 0.1) is 6.92 Å². The Morgan fingerprint density at radius 2 is 2.03 bits per heavy atom. The number of likely N-dealkylation sites (tertiary alicyclic amines) is 1. The van der Waals surface area contributed by atoms with E-state index in [2.05, 4.69) is 36.3 Å². The number of aryl methyl sites for hydroxylation is 1. The molecule has 0 unspecified atom stereocenters. The quantitative estimate of drug-likeness (QED) is 0.267. The number of hydrogen-bond donors (Lipinski definition) is 4. The number of aromatic amines is 2. The van der Waals surface area contributed by atoms with Crippen LogP contribution < -0.4 is 21.7 Å². The summed E-state index contributed by atoms with van der Waals surface area (Å²) in [5.41, 5.74) is 4.13. The highest BCUT2D eigenvalue weighted by Crippen LogP contribution is 2.17. The van der Waals surface area contributed by atoms with Gasteiger partial charge in [0.2, 0.25) is 5.88 Å². The zero-order chi connectivity index (χ0) is 26.8. The molecule has 11 heteroatoms. The molecule has 1 aromatic carbocycles. The summed E-state index contributed by atoms with van der Waals surface area (Å²) in [4.78, 5) is 33.3. The molecule has 11 nitrogen and oxygen atoms in total. The second kappa shape index (κ2) is 10.5. The molecular weight excluding hydrogens is 494 g/mol. The second-order valence-electron chi connectivity index (χ2n) is 9.77. The molecule has 0 bridgehead atoms. The van der Waals surface area contributed by atoms with Gasteiger partial charge in [0, 0.05) is 42.8 Å². The van der Waals surface area contributed by atoms with Crippen LogP contribution in [0.1, 0.15) is 29.8 Å². The first-order valence-electron chi connectivity index (χ1n) is 12.9. The molecule has 0 aliphatic carbocycles. The summed E-state index contributed by atoms with van der Waals surface area (Å²) >= 11 is 0. The molecular formula is C28H29N9O2. The third kappa shape index (κ3) is 5.58. The Hall–Kier alpha value is -4.77. The molecule has 0 spiro atoms. The van der Waals surface area contributed by atoms with Crippen molar-refractivity contribution in [3.63, 3.8) is 0 Å². The van der Waals surface area contributed by atoms with Crippen molar-refractivity contribution in [3.8, 4) is 5.88 Å². The van der Waals surface area contributed by atoms with Gasteiger partial charge in [-0.05, 0) is 55.7 Å². The highest BCUT2D eigenvalue weighted by atomic mass is 16.3. The number of pyridine rings is 1. The minimum atomic E-state index is -0.491. The van der Waals surface area contributed by atoms with E-state index in [1.165, 1.54) is 0 Å². The topological polar surface area (TPSA) is 140 Å². The fraction of sp³-hybridized carbons (Fsp3) is 0.250. The first-order chi connectivity index (χ1) is 19.0. The fourth-order valence-corrected chi connectivity index (χ4v) is 4.85. The van der Waals surface area contributed by atoms with E-state index in [1.54, 1.807) is 16.8 Å². The van der Waals surface area contributed by atoms with E-state index in [4.69, 9.17) is 9.98 Å². The number of hydrogen-bond acceptors (Lipinski definition) is 8. The number of H-pyrrole nitrogens is 2. The number of rotatable bonds is 6. The van der Waals surface area contributed by atoms with Gasteiger partial charge in [0.05, 0.1) is 17.9 Å². The van der Waals surface area contributed by atoms with E-state index in [-0.39, 0.29) is 17.6 Å². The molecule has 4 aromatic heterocycles. The predicted molar refractivity (Wildman–Crippen MR) is 147 cm³/mol. The van der Waals surface area contributed by atoms with Crippen molar-refractivity contribution in [2.75, 3.05) is 18.4 Å². The Bertz CT molecular complexity index is 1780. The van der Waals surface area contributed by atoms with Crippen molar-refractivity contribution < 1.29 is 5.11 Å². The van der Waals surface area contributed by atoms with E-state index in [0.717, 1.165) is 49.4 Å². The maximum absolute atomic E-state index is 11.6. The van der Waals surface area contributed by atoms with Gasteiger partial charge >= 0.3 is 5.69 Å². The number of imidazole rings is 1. The summed E-state index contributed by atoms with van der Waals surface area (Å²) in [7, 11) is 0. The van der Waals surface area contributed by atoms with Crippen LogP contribution in [-0.4, -0.2) is 58.7 Å². The van der Waals surface area contributed by atoms with Crippen molar-refractivity contribution in [2.24, 2.45) is 4.99 Å². The lowest BCUT2D eigenvalue weighted by Crippen LogP contribution is -2.36. The zero-order valence-electron chi connectivity index (χ0n) is 21.5. The normalized spacial score (nSPS) is 15.8. The lowest BCUT2D eigenvalue weighted by atomic mass is 10.1. The third-order valence-electron chi connectivity index (χ3n) is 6.79. The van der Waals surface area contributed by atoms with Gasteiger partial charge in [0.25, 0.3) is 0 Å². The summed E-state index contributed by atoms with van der Waals surface area (Å²) in [6.07, 6.45) is 6.97. The van der Waals surface area contributed by atoms with E-state index in [0.29, 0.717) is 22.2 Å². The van der Waals surface area contributed by atoms with Crippen LogP contribution in [0.2, 0.25) is 0 Å². The molecule has 39 heavy (non-hydrogen) atoms. The van der Waals surface area contributed by atoms with Crippen molar-refractivity contribution in [1.82, 2.24) is 34.4 Å². The highest BCUT2D eigenvalue weighted by Gasteiger charge is 2.19. The largest absolute Gasteiger partial charge is 0.493 e. The zero-order valence-corrected chi connectivity index (χ0v) is 21.5. The highest BCUT2D eigenvalue weighted by molar-refractivity contribution is 5.61. The molecule has 5 aromatic rings. The number of anilines is 2. The number of nitrogens with zero attached hydrogens (tertiary/aromatic N) is 6. The van der Waals surface area contributed by atoms with E-state index in [1.807, 2.05) is 55.6 Å². The molecule has 0 atom stereocenters. The third-order valence-corrected chi connectivity index (χ3v) is 6.79. The van der Waals surface area contributed by atoms with Crippen LogP contribution in [0.3, 0.4) is 0 Å². The minimum Gasteiger partial charge on any atom is -0.493 e. The van der Waals surface area contributed by atoms with Gasteiger partial charge < -0.3 is 15.4 Å². The Kier molecular flexibility index (Phi) is 6.64. The average Bonchev–Trinajstić information content (AvgIpc) is 3.47. The Morgan fingerprint density at radius 3 is 2.77 bits per heavy atom. The van der Waals surface area contributed by atoms with Crippen LogP contribution in [0.5, 0.6) is 5.88 Å². The second-order valence-corrected chi connectivity index (χ2v) is 9.77. The van der Waals surface area contributed by atoms with Crippen molar-refractivity contribution in [1.29, 1.82) is 0 Å². The summed E-state index contributed by atoms with van der Waals surface area (Å²) in [6.45, 7) is 4.75. The van der Waals surface area contributed by atoms with Crippen LogP contribution >= 0.6 is 0 Å². The lowest BCUT2D eigenvalue weighted by Gasteiger charge is -2.29. The first kappa shape index (κ1) is 24.6. The molecule has 0 amide bonds. The number of fused-ring (bicyclic) bond motifs is 1. The molecule has 0 saturated carbocycles. The standard InChI is InChI=1S/C28H29N9O2/c1-18-5-4-7-21(13-18)31-24-15-25(32-20-8-11-36(12-9-20)17-22-6-2-3-10-29-22)37-26(34-24)19(16-30-37)14-23-27(38)35-28(39)33-23/h2-7,10,13-16,20,31,38H,8-9,11-12,17H2,1H3,(H2,33,35,39). The predicted octanol–water partition coefficient (Wildman–Crippen LogP) is 2.01. The average molecular weight is 524 g/mol. The molecule has 5 heterocycles. The van der Waals surface area contributed by atoms with Gasteiger partial charge in [-0.15, -0.1) is 0 Å². The van der Waals surface area contributed by atoms with Gasteiger partial charge in [0.15, 0.2) is 11.1 Å². The molecule has 1 aliphatic heterocycles. The Morgan fingerprint density at radius 1 is 1.15 bits per heavy atom. The Balaban J connectivity index is 1.35. The van der Waals surface area contributed by atoms with E-state index in [9.17, 15) is 9.90 Å². The maximum atomic E-state index is 11.6. The van der Waals surface area contributed by atoms with Crippen LogP contribution in [0.4, 0.5) is 11.5 Å².